The number of aromatic nitrogens is 2. The van der Waals surface area contributed by atoms with Crippen molar-refractivity contribution in [3.05, 3.63) is 187 Å². The van der Waals surface area contributed by atoms with E-state index in [4.69, 9.17) is 4.74 Å². The molecule has 0 bridgehead atoms. The summed E-state index contributed by atoms with van der Waals surface area (Å²) in [6, 6.07) is 63.9. The number of rotatable bonds is 3. The van der Waals surface area contributed by atoms with Gasteiger partial charge in [-0.25, -0.2) is 0 Å². The summed E-state index contributed by atoms with van der Waals surface area (Å²) in [5.74, 6) is 1.75. The van der Waals surface area contributed by atoms with Gasteiger partial charge in [0.25, 0.3) is 0 Å². The molecule has 0 atom stereocenters. The second-order valence-electron chi connectivity index (χ2n) is 15.4. The SMILES string of the molecule is CC1(C)c2ccccc2N(c2ccc3c(c2)c2ccccc2n3-c2ccc(-c3ccc4c(c3)Oc3cccc5c6ccccc6n-4c35)cc2)c2ccccc21. The van der Waals surface area contributed by atoms with Crippen molar-refractivity contribution in [3.63, 3.8) is 0 Å². The molecule has 10 aromatic rings. The van der Waals surface area contributed by atoms with Gasteiger partial charge in [0.2, 0.25) is 0 Å². The van der Waals surface area contributed by atoms with E-state index < -0.39 is 0 Å². The monoisotopic (exact) mass is 705 g/mol. The van der Waals surface area contributed by atoms with Crippen molar-refractivity contribution in [1.82, 2.24) is 9.13 Å². The van der Waals surface area contributed by atoms with E-state index in [9.17, 15) is 0 Å². The minimum Gasteiger partial charge on any atom is -0.453 e. The van der Waals surface area contributed by atoms with E-state index in [1.54, 1.807) is 0 Å². The van der Waals surface area contributed by atoms with E-state index in [2.05, 4.69) is 204 Å². The third-order valence-corrected chi connectivity index (χ3v) is 12.1. The van der Waals surface area contributed by atoms with Crippen LogP contribution in [0.4, 0.5) is 17.1 Å². The van der Waals surface area contributed by atoms with Crippen LogP contribution in [0.1, 0.15) is 25.0 Å². The van der Waals surface area contributed by atoms with Crippen LogP contribution in [0.3, 0.4) is 0 Å². The smallest absolute Gasteiger partial charge is 0.152 e. The Bertz CT molecular complexity index is 3170. The molecule has 0 amide bonds. The van der Waals surface area contributed by atoms with Crippen molar-refractivity contribution in [1.29, 1.82) is 0 Å². The van der Waals surface area contributed by atoms with Gasteiger partial charge in [0, 0.05) is 38.3 Å². The number of para-hydroxylation sites is 5. The first-order chi connectivity index (χ1) is 27.0. The molecule has 0 aliphatic carbocycles. The lowest BCUT2D eigenvalue weighted by Gasteiger charge is -2.42. The van der Waals surface area contributed by atoms with E-state index in [0.717, 1.165) is 45.2 Å². The zero-order valence-electron chi connectivity index (χ0n) is 30.5. The Kier molecular flexibility index (Phi) is 6.09. The summed E-state index contributed by atoms with van der Waals surface area (Å²) in [4.78, 5) is 2.44. The lowest BCUT2D eigenvalue weighted by atomic mass is 9.73. The minimum absolute atomic E-state index is 0.0995. The van der Waals surface area contributed by atoms with Crippen LogP contribution in [0.25, 0.3) is 66.1 Å². The Hall–Kier alpha value is -7.04. The van der Waals surface area contributed by atoms with Crippen molar-refractivity contribution in [2.45, 2.75) is 19.3 Å². The molecule has 260 valence electrons. The van der Waals surface area contributed by atoms with Gasteiger partial charge in [0.05, 0.1) is 39.1 Å². The highest BCUT2D eigenvalue weighted by Gasteiger charge is 2.36. The van der Waals surface area contributed by atoms with Crippen molar-refractivity contribution in [2.24, 2.45) is 0 Å². The fourth-order valence-electron chi connectivity index (χ4n) is 9.53. The third kappa shape index (κ3) is 4.17. The number of ether oxygens (including phenoxy) is 1. The molecule has 0 unspecified atom stereocenters. The molecular formula is C51H35N3O. The zero-order valence-corrected chi connectivity index (χ0v) is 30.5. The molecule has 0 saturated carbocycles. The average molecular weight is 706 g/mol. The van der Waals surface area contributed by atoms with E-state index in [1.807, 2.05) is 0 Å². The first-order valence-electron chi connectivity index (χ1n) is 19.0. The zero-order chi connectivity index (χ0) is 36.4. The van der Waals surface area contributed by atoms with Gasteiger partial charge in [-0.15, -0.1) is 0 Å². The highest BCUT2D eigenvalue weighted by Crippen LogP contribution is 2.52. The molecule has 2 aliphatic rings. The molecule has 0 radical (unpaired) electrons. The van der Waals surface area contributed by atoms with Crippen LogP contribution in [0.15, 0.2) is 176 Å². The lowest BCUT2D eigenvalue weighted by Crippen LogP contribution is -2.30. The van der Waals surface area contributed by atoms with Gasteiger partial charge in [-0.3, -0.25) is 0 Å². The normalized spacial score (nSPS) is 13.9. The van der Waals surface area contributed by atoms with Crippen molar-refractivity contribution >= 4 is 60.7 Å². The van der Waals surface area contributed by atoms with Crippen LogP contribution in [0.5, 0.6) is 11.5 Å². The summed E-state index contributed by atoms with van der Waals surface area (Å²) in [7, 11) is 0. The highest BCUT2D eigenvalue weighted by molar-refractivity contribution is 6.13. The highest BCUT2D eigenvalue weighted by atomic mass is 16.5. The van der Waals surface area contributed by atoms with E-state index in [1.165, 1.54) is 60.6 Å². The number of fused-ring (bicyclic) bond motifs is 10. The van der Waals surface area contributed by atoms with Crippen molar-refractivity contribution in [2.75, 3.05) is 4.90 Å². The summed E-state index contributed by atoms with van der Waals surface area (Å²) in [5.41, 5.74) is 15.3. The molecule has 0 N–H and O–H groups in total. The van der Waals surface area contributed by atoms with Gasteiger partial charge in [-0.05, 0) is 95.1 Å². The number of benzene rings is 8. The van der Waals surface area contributed by atoms with E-state index in [-0.39, 0.29) is 5.41 Å². The molecule has 55 heavy (non-hydrogen) atoms. The lowest BCUT2D eigenvalue weighted by molar-refractivity contribution is 0.476. The van der Waals surface area contributed by atoms with Gasteiger partial charge in [-0.2, -0.15) is 0 Å². The topological polar surface area (TPSA) is 22.3 Å². The van der Waals surface area contributed by atoms with Crippen molar-refractivity contribution < 1.29 is 4.74 Å². The Labute approximate surface area is 318 Å². The first kappa shape index (κ1) is 30.4. The quantitative estimate of drug-likeness (QED) is 0.183. The predicted molar refractivity (Wildman–Crippen MR) is 227 cm³/mol. The second-order valence-corrected chi connectivity index (χ2v) is 15.4. The molecule has 2 aliphatic heterocycles. The molecule has 4 heteroatoms. The molecule has 12 rings (SSSR count). The second kappa shape index (κ2) is 11.0. The molecule has 8 aromatic carbocycles. The van der Waals surface area contributed by atoms with Gasteiger partial charge in [0.1, 0.15) is 0 Å². The average Bonchev–Trinajstić information content (AvgIpc) is 3.75. The number of hydrogen-bond donors (Lipinski definition) is 0. The molecule has 0 saturated heterocycles. The molecule has 4 heterocycles. The molecule has 0 spiro atoms. The fraction of sp³-hybridized carbons (Fsp3) is 0.0588. The van der Waals surface area contributed by atoms with Gasteiger partial charge in [0.15, 0.2) is 11.5 Å². The number of nitrogens with zero attached hydrogens (tertiary/aromatic N) is 3. The Balaban J connectivity index is 0.955. The third-order valence-electron chi connectivity index (χ3n) is 12.1. The van der Waals surface area contributed by atoms with Crippen LogP contribution < -0.4 is 9.64 Å². The summed E-state index contributed by atoms with van der Waals surface area (Å²) in [6.07, 6.45) is 0. The van der Waals surface area contributed by atoms with Gasteiger partial charge >= 0.3 is 0 Å². The largest absolute Gasteiger partial charge is 0.453 e. The number of anilines is 3. The van der Waals surface area contributed by atoms with Crippen LogP contribution in [-0.2, 0) is 5.41 Å². The van der Waals surface area contributed by atoms with Crippen LogP contribution in [0.2, 0.25) is 0 Å². The maximum absolute atomic E-state index is 6.59. The molecule has 4 nitrogen and oxygen atoms in total. The Morgan fingerprint density at radius 1 is 0.400 bits per heavy atom. The maximum atomic E-state index is 6.59. The number of hydrogen-bond acceptors (Lipinski definition) is 2. The van der Waals surface area contributed by atoms with E-state index >= 15 is 0 Å². The van der Waals surface area contributed by atoms with E-state index in [0.29, 0.717) is 0 Å². The van der Waals surface area contributed by atoms with Crippen LogP contribution in [0, 0.1) is 0 Å². The predicted octanol–water partition coefficient (Wildman–Crippen LogP) is 13.8. The molecule has 2 aromatic heterocycles. The van der Waals surface area contributed by atoms with Crippen LogP contribution >= 0.6 is 0 Å². The fourth-order valence-corrected chi connectivity index (χ4v) is 9.53. The first-order valence-corrected chi connectivity index (χ1v) is 19.0. The maximum Gasteiger partial charge on any atom is 0.152 e. The summed E-state index contributed by atoms with van der Waals surface area (Å²) in [5, 5.41) is 4.92. The van der Waals surface area contributed by atoms with Crippen molar-refractivity contribution in [3.8, 4) is 34.0 Å². The molecule has 0 fully saturated rings. The Morgan fingerprint density at radius 2 is 0.982 bits per heavy atom. The summed E-state index contributed by atoms with van der Waals surface area (Å²) < 4.78 is 11.3. The summed E-state index contributed by atoms with van der Waals surface area (Å²) in [6.45, 7) is 4.67. The minimum atomic E-state index is -0.0995. The standard InChI is InChI=1S/C51H35N3O/c1-51(2)40-15-5-9-19-45(40)53(46-20-10-6-16-41(46)51)35-27-29-44-39(31-35)37-13-4-7-17-42(37)52(44)34-25-22-32(23-26-34)33-24-28-47-49(30-33)55-48-21-11-14-38-36-12-3-8-18-43(36)54(47)50(38)48/h3-31H,1-2H3. The summed E-state index contributed by atoms with van der Waals surface area (Å²) >= 11 is 0. The Morgan fingerprint density at radius 3 is 1.73 bits per heavy atom. The van der Waals surface area contributed by atoms with Crippen LogP contribution in [-0.4, -0.2) is 9.13 Å². The molecular weight excluding hydrogens is 671 g/mol. The van der Waals surface area contributed by atoms with Gasteiger partial charge in [-0.1, -0.05) is 117 Å². The van der Waals surface area contributed by atoms with Gasteiger partial charge < -0.3 is 18.8 Å².